The predicted octanol–water partition coefficient (Wildman–Crippen LogP) is 5.58. The molecule has 3 aliphatic rings. The molecule has 0 amide bonds. The molecular weight excluding hydrogens is 676 g/mol. The Kier molecular flexibility index (Phi) is 9.33. The Morgan fingerprint density at radius 2 is 1.70 bits per heavy atom. The Morgan fingerprint density at radius 1 is 1.00 bits per heavy atom. The van der Waals surface area contributed by atoms with Gasteiger partial charge in [0.15, 0.2) is 0 Å². The van der Waals surface area contributed by atoms with Crippen molar-refractivity contribution in [3.63, 3.8) is 0 Å². The van der Waals surface area contributed by atoms with Gasteiger partial charge in [0.25, 0.3) is 5.56 Å². The first-order chi connectivity index (χ1) is 25.5. The number of aromatic nitrogens is 2. The van der Waals surface area contributed by atoms with Crippen molar-refractivity contribution in [2.24, 2.45) is 4.99 Å². The molecule has 272 valence electrons. The summed E-state index contributed by atoms with van der Waals surface area (Å²) in [4.78, 5) is 63.0. The van der Waals surface area contributed by atoms with Crippen LogP contribution in [0, 0.1) is 0 Å². The van der Waals surface area contributed by atoms with Crippen LogP contribution in [0.2, 0.25) is 0 Å². The van der Waals surface area contributed by atoms with Gasteiger partial charge in [-0.15, -0.1) is 0 Å². The van der Waals surface area contributed by atoms with E-state index in [-0.39, 0.29) is 50.3 Å². The van der Waals surface area contributed by atoms with Gasteiger partial charge in [-0.2, -0.15) is 0 Å². The SMILES string of the molecule is CCOC(=O)C1=C(C)NC(C)=C(C(=O)OCC)C1c1cccc(N=Cc2c3c(nc4ccccc24)-c2cc4c(c(=O)n2C3)COC(=O)CC4(O)CC)c1. The number of dihydropyridines is 1. The topological polar surface area (TPSA) is 158 Å². The van der Waals surface area contributed by atoms with Crippen LogP contribution in [0.15, 0.2) is 86.9 Å². The number of esters is 3. The normalized spacial score (nSPS) is 18.3. The lowest BCUT2D eigenvalue weighted by Crippen LogP contribution is -2.32. The first kappa shape index (κ1) is 35.5. The fourth-order valence-corrected chi connectivity index (χ4v) is 7.61. The van der Waals surface area contributed by atoms with Crippen LogP contribution in [0.4, 0.5) is 5.69 Å². The molecule has 0 radical (unpaired) electrons. The quantitative estimate of drug-likeness (QED) is 0.118. The van der Waals surface area contributed by atoms with E-state index in [0.29, 0.717) is 56.3 Å². The monoisotopic (exact) mass is 716 g/mol. The Balaban J connectivity index is 1.34. The number of cyclic esters (lactones) is 1. The van der Waals surface area contributed by atoms with E-state index in [9.17, 15) is 24.3 Å². The molecular formula is C41H40N4O8. The molecule has 53 heavy (non-hydrogen) atoms. The maximum Gasteiger partial charge on any atom is 0.336 e. The molecule has 2 aromatic heterocycles. The highest BCUT2D eigenvalue weighted by Gasteiger charge is 2.40. The van der Waals surface area contributed by atoms with E-state index in [1.165, 1.54) is 0 Å². The molecule has 0 bridgehead atoms. The molecule has 7 rings (SSSR count). The fraction of sp³-hybridized carbons (Fsp3) is 0.317. The molecule has 0 fully saturated rings. The number of aliphatic hydroxyl groups is 1. The Labute approximate surface area is 305 Å². The number of rotatable bonds is 8. The molecule has 12 heteroatoms. The summed E-state index contributed by atoms with van der Waals surface area (Å²) in [6.45, 7) is 9.09. The highest BCUT2D eigenvalue weighted by molar-refractivity contribution is 6.03. The third-order valence-corrected chi connectivity index (χ3v) is 10.2. The van der Waals surface area contributed by atoms with Gasteiger partial charge in [-0.3, -0.25) is 14.6 Å². The smallest absolute Gasteiger partial charge is 0.336 e. The number of fused-ring (bicyclic) bond motifs is 5. The molecule has 0 saturated carbocycles. The highest BCUT2D eigenvalue weighted by atomic mass is 16.5. The van der Waals surface area contributed by atoms with Crippen LogP contribution < -0.4 is 10.9 Å². The number of para-hydroxylation sites is 1. The number of aliphatic imine (C=N–C) groups is 1. The largest absolute Gasteiger partial charge is 0.463 e. The number of hydrogen-bond acceptors (Lipinski definition) is 11. The number of carbonyl (C=O) groups is 3. The van der Waals surface area contributed by atoms with Crippen LogP contribution in [0.5, 0.6) is 0 Å². The first-order valence-electron chi connectivity index (χ1n) is 17.7. The van der Waals surface area contributed by atoms with E-state index in [4.69, 9.17) is 24.2 Å². The Bertz CT molecular complexity index is 2330. The minimum absolute atomic E-state index is 0.167. The van der Waals surface area contributed by atoms with Crippen molar-refractivity contribution in [3.8, 4) is 11.4 Å². The summed E-state index contributed by atoms with van der Waals surface area (Å²) in [6, 6.07) is 16.7. The van der Waals surface area contributed by atoms with Gasteiger partial charge < -0.3 is 29.2 Å². The number of nitrogens with one attached hydrogen (secondary N) is 1. The van der Waals surface area contributed by atoms with E-state index in [1.54, 1.807) is 51.5 Å². The third kappa shape index (κ3) is 6.12. The average Bonchev–Trinajstić information content (AvgIpc) is 3.44. The second-order valence-corrected chi connectivity index (χ2v) is 13.3. The zero-order chi connectivity index (χ0) is 37.6. The molecule has 3 aliphatic heterocycles. The molecule has 12 nitrogen and oxygen atoms in total. The lowest BCUT2D eigenvalue weighted by atomic mass is 9.80. The molecule has 1 unspecified atom stereocenters. The highest BCUT2D eigenvalue weighted by Crippen LogP contribution is 2.42. The fourth-order valence-electron chi connectivity index (χ4n) is 7.61. The van der Waals surface area contributed by atoms with Crippen molar-refractivity contribution in [2.45, 2.75) is 72.1 Å². The molecule has 1 atom stereocenters. The molecule has 5 heterocycles. The molecule has 2 aromatic carbocycles. The van der Waals surface area contributed by atoms with E-state index < -0.39 is 29.4 Å². The number of ether oxygens (including phenoxy) is 3. The minimum atomic E-state index is -1.55. The van der Waals surface area contributed by atoms with Gasteiger partial charge in [-0.1, -0.05) is 37.3 Å². The number of hydrogen-bond donors (Lipinski definition) is 2. The van der Waals surface area contributed by atoms with Crippen LogP contribution in [0.1, 0.15) is 81.2 Å². The van der Waals surface area contributed by atoms with Gasteiger partial charge in [-0.05, 0) is 69.5 Å². The number of pyridine rings is 2. The zero-order valence-corrected chi connectivity index (χ0v) is 30.2. The standard InChI is InChI=1S/C41H40N4O8/c1-6-41(50)18-33(46)53-21-29-30(41)17-32-37-28(20-45(32)38(29)47)27(26-14-9-10-15-31(26)44-37)19-42-25-13-11-12-24(16-25)36-34(39(48)51-7-2)22(4)43-23(5)35(36)40(49)52-8-3/h9-17,19,36,43,50H,6-8,18,20-21H2,1-5H3. The first-order valence-corrected chi connectivity index (χ1v) is 17.7. The minimum Gasteiger partial charge on any atom is -0.463 e. The molecule has 0 spiro atoms. The maximum atomic E-state index is 14.0. The van der Waals surface area contributed by atoms with Gasteiger partial charge in [0.2, 0.25) is 0 Å². The maximum absolute atomic E-state index is 14.0. The van der Waals surface area contributed by atoms with Crippen LogP contribution >= 0.6 is 0 Å². The summed E-state index contributed by atoms with van der Waals surface area (Å²) in [6.07, 6.45) is 1.72. The summed E-state index contributed by atoms with van der Waals surface area (Å²) < 4.78 is 17.8. The predicted molar refractivity (Wildman–Crippen MR) is 197 cm³/mol. The summed E-state index contributed by atoms with van der Waals surface area (Å²) in [5, 5.41) is 15.6. The lowest BCUT2D eigenvalue weighted by Gasteiger charge is -2.30. The van der Waals surface area contributed by atoms with Crippen molar-refractivity contribution >= 4 is 40.7 Å². The number of allylic oxidation sites excluding steroid dienone is 2. The van der Waals surface area contributed by atoms with E-state index >= 15 is 0 Å². The molecule has 2 N–H and O–H groups in total. The van der Waals surface area contributed by atoms with Crippen LogP contribution in [0.3, 0.4) is 0 Å². The van der Waals surface area contributed by atoms with Gasteiger partial charge in [0.05, 0.1) is 71.4 Å². The van der Waals surface area contributed by atoms with Crippen molar-refractivity contribution in [3.05, 3.63) is 115 Å². The summed E-state index contributed by atoms with van der Waals surface area (Å²) in [5.74, 6) is -2.40. The summed E-state index contributed by atoms with van der Waals surface area (Å²) in [5.41, 5.74) is 5.09. The summed E-state index contributed by atoms with van der Waals surface area (Å²) in [7, 11) is 0. The van der Waals surface area contributed by atoms with E-state index in [1.807, 2.05) is 48.5 Å². The van der Waals surface area contributed by atoms with Gasteiger partial charge in [0, 0.05) is 34.1 Å². The molecule has 0 saturated heterocycles. The Morgan fingerprint density at radius 3 is 2.38 bits per heavy atom. The van der Waals surface area contributed by atoms with Gasteiger partial charge in [0.1, 0.15) is 12.2 Å². The van der Waals surface area contributed by atoms with Crippen molar-refractivity contribution in [1.29, 1.82) is 0 Å². The van der Waals surface area contributed by atoms with E-state index in [2.05, 4.69) is 5.32 Å². The average molecular weight is 717 g/mol. The molecule has 0 aliphatic carbocycles. The van der Waals surface area contributed by atoms with Crippen molar-refractivity contribution in [1.82, 2.24) is 14.9 Å². The number of nitrogens with zero attached hydrogens (tertiary/aromatic N) is 3. The number of benzene rings is 2. The Hall–Kier alpha value is -5.88. The third-order valence-electron chi connectivity index (χ3n) is 10.2. The van der Waals surface area contributed by atoms with Crippen LogP contribution in [0.25, 0.3) is 22.3 Å². The summed E-state index contributed by atoms with van der Waals surface area (Å²) >= 11 is 0. The second kappa shape index (κ2) is 13.9. The van der Waals surface area contributed by atoms with Crippen molar-refractivity contribution < 1.29 is 33.7 Å². The second-order valence-electron chi connectivity index (χ2n) is 13.3. The lowest BCUT2D eigenvalue weighted by molar-refractivity contribution is -0.149. The molecule has 4 aromatic rings. The van der Waals surface area contributed by atoms with Crippen LogP contribution in [-0.4, -0.2) is 52.0 Å². The number of carbonyl (C=O) groups excluding carboxylic acids is 3. The van der Waals surface area contributed by atoms with E-state index in [0.717, 1.165) is 16.5 Å². The van der Waals surface area contributed by atoms with Crippen molar-refractivity contribution in [2.75, 3.05) is 13.2 Å². The van der Waals surface area contributed by atoms with Crippen LogP contribution in [-0.2, 0) is 47.3 Å². The van der Waals surface area contributed by atoms with Gasteiger partial charge in [-0.25, -0.2) is 14.6 Å². The zero-order valence-electron chi connectivity index (χ0n) is 30.2. The van der Waals surface area contributed by atoms with Gasteiger partial charge >= 0.3 is 17.9 Å².